The molecule has 0 aliphatic carbocycles. The highest BCUT2D eigenvalue weighted by molar-refractivity contribution is 14.1. The van der Waals surface area contributed by atoms with Gasteiger partial charge in [-0.3, -0.25) is 9.59 Å². The molecule has 1 aromatic rings. The van der Waals surface area contributed by atoms with Crippen LogP contribution in [0.5, 0.6) is 0 Å². The van der Waals surface area contributed by atoms with E-state index in [4.69, 9.17) is 0 Å². The number of carbonyl (C=O) groups is 2. The second-order valence-corrected chi connectivity index (χ2v) is 6.11. The van der Waals surface area contributed by atoms with Crippen molar-refractivity contribution >= 4 is 34.4 Å². The zero-order valence-electron chi connectivity index (χ0n) is 11.6. The van der Waals surface area contributed by atoms with Gasteiger partial charge >= 0.3 is 0 Å². The fraction of sp³-hybridized carbons (Fsp3) is 0.467. The molecule has 1 aliphatic heterocycles. The maximum absolute atomic E-state index is 12.1. The smallest absolute Gasteiger partial charge is 0.252 e. The summed E-state index contributed by atoms with van der Waals surface area (Å²) >= 11 is 2.20. The highest BCUT2D eigenvalue weighted by Crippen LogP contribution is 2.16. The number of aryl methyl sites for hydroxylation is 1. The van der Waals surface area contributed by atoms with E-state index in [2.05, 4.69) is 27.9 Å². The standard InChI is InChI=1S/C15H19IN2O2/c1-11-5-2-6-12(14(11)16)15(20)17-8-4-10-18-9-3-7-13(18)19/h2,5-6H,3-4,7-10H2,1H3,(H,17,20). The van der Waals surface area contributed by atoms with Crippen molar-refractivity contribution < 1.29 is 9.59 Å². The van der Waals surface area contributed by atoms with E-state index in [0.29, 0.717) is 13.0 Å². The second-order valence-electron chi connectivity index (χ2n) is 5.03. The Morgan fingerprint density at radius 1 is 1.45 bits per heavy atom. The average Bonchev–Trinajstić information content (AvgIpc) is 2.83. The summed E-state index contributed by atoms with van der Waals surface area (Å²) in [5, 5.41) is 2.92. The van der Waals surface area contributed by atoms with Crippen molar-refractivity contribution in [1.82, 2.24) is 10.2 Å². The van der Waals surface area contributed by atoms with Crippen LogP contribution in [0.25, 0.3) is 0 Å². The molecule has 4 nitrogen and oxygen atoms in total. The van der Waals surface area contributed by atoms with Crippen molar-refractivity contribution in [2.75, 3.05) is 19.6 Å². The molecule has 0 saturated carbocycles. The lowest BCUT2D eigenvalue weighted by Crippen LogP contribution is -2.31. The lowest BCUT2D eigenvalue weighted by Gasteiger charge is -2.15. The van der Waals surface area contributed by atoms with Gasteiger partial charge in [0.15, 0.2) is 0 Å². The molecule has 1 fully saturated rings. The number of nitrogens with zero attached hydrogens (tertiary/aromatic N) is 1. The quantitative estimate of drug-likeness (QED) is 0.624. The number of hydrogen-bond acceptors (Lipinski definition) is 2. The van der Waals surface area contributed by atoms with Gasteiger partial charge in [-0.25, -0.2) is 0 Å². The van der Waals surface area contributed by atoms with Crippen LogP contribution in [-0.2, 0) is 4.79 Å². The number of rotatable bonds is 5. The minimum absolute atomic E-state index is 0.0363. The summed E-state index contributed by atoms with van der Waals surface area (Å²) in [4.78, 5) is 25.4. The number of halogens is 1. The first-order valence-electron chi connectivity index (χ1n) is 6.90. The first-order chi connectivity index (χ1) is 9.59. The van der Waals surface area contributed by atoms with Gasteiger partial charge in [0.1, 0.15) is 0 Å². The van der Waals surface area contributed by atoms with Gasteiger partial charge in [0, 0.05) is 29.6 Å². The van der Waals surface area contributed by atoms with Gasteiger partial charge < -0.3 is 10.2 Å². The Balaban J connectivity index is 1.78. The molecule has 1 aliphatic rings. The first-order valence-corrected chi connectivity index (χ1v) is 7.98. The summed E-state index contributed by atoms with van der Waals surface area (Å²) in [5.74, 6) is 0.204. The van der Waals surface area contributed by atoms with Crippen molar-refractivity contribution in [2.45, 2.75) is 26.2 Å². The highest BCUT2D eigenvalue weighted by Gasteiger charge is 2.19. The van der Waals surface area contributed by atoms with Crippen LogP contribution in [0.2, 0.25) is 0 Å². The number of amides is 2. The van der Waals surface area contributed by atoms with E-state index in [-0.39, 0.29) is 11.8 Å². The zero-order chi connectivity index (χ0) is 14.5. The monoisotopic (exact) mass is 386 g/mol. The van der Waals surface area contributed by atoms with E-state index in [1.807, 2.05) is 30.0 Å². The van der Waals surface area contributed by atoms with Crippen LogP contribution in [0.15, 0.2) is 18.2 Å². The summed E-state index contributed by atoms with van der Waals surface area (Å²) in [6, 6.07) is 5.74. The molecule has 0 radical (unpaired) electrons. The van der Waals surface area contributed by atoms with Gasteiger partial charge in [-0.15, -0.1) is 0 Å². The van der Waals surface area contributed by atoms with Gasteiger partial charge in [-0.05, 0) is 54.0 Å². The Hall–Kier alpha value is -1.11. The maximum atomic E-state index is 12.1. The molecule has 2 rings (SSSR count). The minimum atomic E-state index is -0.0363. The number of likely N-dealkylation sites (tertiary alicyclic amines) is 1. The van der Waals surface area contributed by atoms with Crippen LogP contribution in [0.1, 0.15) is 35.2 Å². The van der Waals surface area contributed by atoms with Gasteiger partial charge in [-0.1, -0.05) is 12.1 Å². The third-order valence-electron chi connectivity index (χ3n) is 3.50. The molecule has 0 spiro atoms. The van der Waals surface area contributed by atoms with Crippen molar-refractivity contribution in [2.24, 2.45) is 0 Å². The van der Waals surface area contributed by atoms with Crippen molar-refractivity contribution in [3.05, 3.63) is 32.9 Å². The summed E-state index contributed by atoms with van der Waals surface area (Å²) in [6.07, 6.45) is 2.44. The van der Waals surface area contributed by atoms with Crippen LogP contribution in [0.3, 0.4) is 0 Å². The molecule has 1 heterocycles. The number of carbonyl (C=O) groups excluding carboxylic acids is 2. The molecule has 0 atom stereocenters. The first kappa shape index (κ1) is 15.3. The largest absolute Gasteiger partial charge is 0.352 e. The predicted octanol–water partition coefficient (Wildman–Crippen LogP) is 2.34. The number of benzene rings is 1. The summed E-state index contributed by atoms with van der Waals surface area (Å²) in [6.45, 7) is 4.21. The van der Waals surface area contributed by atoms with Crippen LogP contribution in [0, 0.1) is 10.5 Å². The molecule has 1 N–H and O–H groups in total. The molecule has 108 valence electrons. The van der Waals surface area contributed by atoms with Gasteiger partial charge in [0.05, 0.1) is 5.56 Å². The van der Waals surface area contributed by atoms with Crippen molar-refractivity contribution in [3.63, 3.8) is 0 Å². The van der Waals surface area contributed by atoms with E-state index in [0.717, 1.165) is 40.6 Å². The van der Waals surface area contributed by atoms with Crippen LogP contribution >= 0.6 is 22.6 Å². The van der Waals surface area contributed by atoms with Crippen LogP contribution in [-0.4, -0.2) is 36.3 Å². The second kappa shape index (κ2) is 7.06. The summed E-state index contributed by atoms with van der Waals surface area (Å²) in [5.41, 5.74) is 1.84. The molecular weight excluding hydrogens is 367 g/mol. The highest BCUT2D eigenvalue weighted by atomic mass is 127. The molecule has 0 unspecified atom stereocenters. The fourth-order valence-corrected chi connectivity index (χ4v) is 2.93. The Kier molecular flexibility index (Phi) is 5.39. The van der Waals surface area contributed by atoms with Crippen LogP contribution < -0.4 is 5.32 Å². The lowest BCUT2D eigenvalue weighted by molar-refractivity contribution is -0.127. The molecule has 20 heavy (non-hydrogen) atoms. The van der Waals surface area contributed by atoms with E-state index in [9.17, 15) is 9.59 Å². The third kappa shape index (κ3) is 3.71. The molecule has 5 heteroatoms. The SMILES string of the molecule is Cc1cccc(C(=O)NCCCN2CCCC2=O)c1I. The number of hydrogen-bond donors (Lipinski definition) is 1. The molecule has 1 saturated heterocycles. The molecule has 2 amide bonds. The lowest BCUT2D eigenvalue weighted by atomic mass is 10.1. The Labute approximate surface area is 133 Å². The zero-order valence-corrected chi connectivity index (χ0v) is 13.8. The molecule has 0 bridgehead atoms. The average molecular weight is 386 g/mol. The topological polar surface area (TPSA) is 49.4 Å². The van der Waals surface area contributed by atoms with E-state index in [1.165, 1.54) is 0 Å². The van der Waals surface area contributed by atoms with Gasteiger partial charge in [0.2, 0.25) is 5.91 Å². The Morgan fingerprint density at radius 2 is 2.25 bits per heavy atom. The summed E-state index contributed by atoms with van der Waals surface area (Å²) < 4.78 is 0.998. The molecular formula is C15H19IN2O2. The molecule has 1 aromatic carbocycles. The maximum Gasteiger partial charge on any atom is 0.252 e. The fourth-order valence-electron chi connectivity index (χ4n) is 2.33. The Morgan fingerprint density at radius 3 is 2.95 bits per heavy atom. The van der Waals surface area contributed by atoms with E-state index in [1.54, 1.807) is 0 Å². The van der Waals surface area contributed by atoms with Gasteiger partial charge in [-0.2, -0.15) is 0 Å². The third-order valence-corrected chi connectivity index (χ3v) is 4.93. The molecule has 0 aromatic heterocycles. The number of nitrogens with one attached hydrogen (secondary N) is 1. The van der Waals surface area contributed by atoms with E-state index >= 15 is 0 Å². The van der Waals surface area contributed by atoms with Crippen LogP contribution in [0.4, 0.5) is 0 Å². The minimum Gasteiger partial charge on any atom is -0.352 e. The van der Waals surface area contributed by atoms with E-state index < -0.39 is 0 Å². The summed E-state index contributed by atoms with van der Waals surface area (Å²) in [7, 11) is 0. The Bertz CT molecular complexity index is 517. The predicted molar refractivity (Wildman–Crippen MR) is 86.7 cm³/mol. The van der Waals surface area contributed by atoms with Crippen molar-refractivity contribution in [3.8, 4) is 0 Å². The van der Waals surface area contributed by atoms with Crippen molar-refractivity contribution in [1.29, 1.82) is 0 Å². The normalized spacial score (nSPS) is 14.7. The van der Waals surface area contributed by atoms with Gasteiger partial charge in [0.25, 0.3) is 5.91 Å².